The van der Waals surface area contributed by atoms with Crippen LogP contribution in [0.4, 0.5) is 5.69 Å². The Bertz CT molecular complexity index is 1060. The predicted molar refractivity (Wildman–Crippen MR) is 116 cm³/mol. The van der Waals surface area contributed by atoms with Crippen molar-refractivity contribution in [3.63, 3.8) is 0 Å². The van der Waals surface area contributed by atoms with Gasteiger partial charge in [-0.2, -0.15) is 5.10 Å². The van der Waals surface area contributed by atoms with Crippen LogP contribution in [0, 0.1) is 11.3 Å². The Morgan fingerprint density at radius 2 is 2.03 bits per heavy atom. The molecule has 1 aliphatic carbocycles. The van der Waals surface area contributed by atoms with Gasteiger partial charge >= 0.3 is 0 Å². The molecule has 3 N–H and O–H groups in total. The first-order valence-corrected chi connectivity index (χ1v) is 10.3. The SMILES string of the molecule is CC(C)C(O)C(=O)N(C)c1ccc2cc(-c3n[nH]c4c3CCC(C)(C)C4)[nH]c2c1. The molecule has 6 heteroatoms. The number of likely N-dealkylation sites (N-methyl/N-ethyl adjacent to an activating group) is 1. The Balaban J connectivity index is 1.65. The second-order valence-electron chi connectivity index (χ2n) is 9.41. The third-order valence-corrected chi connectivity index (χ3v) is 6.12. The molecule has 4 rings (SSSR count). The number of H-pyrrole nitrogens is 2. The van der Waals surface area contributed by atoms with Crippen LogP contribution >= 0.6 is 0 Å². The van der Waals surface area contributed by atoms with Crippen LogP contribution in [0.25, 0.3) is 22.3 Å². The van der Waals surface area contributed by atoms with E-state index in [2.05, 4.69) is 35.1 Å². The molecule has 0 saturated heterocycles. The molecule has 0 bridgehead atoms. The van der Waals surface area contributed by atoms with Crippen LogP contribution in [0.2, 0.25) is 0 Å². The normalized spacial score (nSPS) is 16.8. The molecular weight excluding hydrogens is 364 g/mol. The quantitative estimate of drug-likeness (QED) is 0.624. The van der Waals surface area contributed by atoms with E-state index in [1.54, 1.807) is 7.05 Å². The maximum atomic E-state index is 12.5. The minimum absolute atomic E-state index is 0.124. The number of amides is 1. The molecule has 6 nitrogen and oxygen atoms in total. The van der Waals surface area contributed by atoms with E-state index in [4.69, 9.17) is 0 Å². The summed E-state index contributed by atoms with van der Waals surface area (Å²) in [5, 5.41) is 19.0. The molecule has 2 heterocycles. The van der Waals surface area contributed by atoms with E-state index in [9.17, 15) is 9.90 Å². The molecule has 0 radical (unpaired) electrons. The molecule has 29 heavy (non-hydrogen) atoms. The second kappa shape index (κ2) is 7.02. The van der Waals surface area contributed by atoms with Crippen molar-refractivity contribution in [2.24, 2.45) is 11.3 Å². The van der Waals surface area contributed by atoms with Crippen molar-refractivity contribution in [3.8, 4) is 11.4 Å². The van der Waals surface area contributed by atoms with Crippen LogP contribution in [0.3, 0.4) is 0 Å². The number of carbonyl (C=O) groups is 1. The number of benzene rings is 1. The van der Waals surface area contributed by atoms with Gasteiger partial charge < -0.3 is 15.0 Å². The summed E-state index contributed by atoms with van der Waals surface area (Å²) >= 11 is 0. The molecule has 1 amide bonds. The standard InChI is InChI=1S/C23H30N4O2/c1-13(2)21(28)22(29)27(5)15-7-6-14-10-18(24-17(14)11-15)20-16-8-9-23(3,4)12-19(16)25-26-20/h6-7,10-11,13,21,24,28H,8-9,12H2,1-5H3,(H,25,26). The van der Waals surface area contributed by atoms with E-state index in [0.717, 1.165) is 47.2 Å². The van der Waals surface area contributed by atoms with Gasteiger partial charge in [0.25, 0.3) is 5.91 Å². The summed E-state index contributed by atoms with van der Waals surface area (Å²) in [4.78, 5) is 17.5. The molecule has 3 aromatic rings. The zero-order chi connectivity index (χ0) is 20.9. The zero-order valence-electron chi connectivity index (χ0n) is 17.8. The Labute approximate surface area is 171 Å². The van der Waals surface area contributed by atoms with Crippen molar-refractivity contribution < 1.29 is 9.90 Å². The molecule has 0 fully saturated rings. The highest BCUT2D eigenvalue weighted by Gasteiger charge is 2.29. The van der Waals surface area contributed by atoms with Crippen molar-refractivity contribution in [1.29, 1.82) is 0 Å². The molecule has 1 aromatic carbocycles. The van der Waals surface area contributed by atoms with Crippen molar-refractivity contribution >= 4 is 22.5 Å². The topological polar surface area (TPSA) is 85.0 Å². The molecule has 0 aliphatic heterocycles. The van der Waals surface area contributed by atoms with Crippen molar-refractivity contribution in [2.45, 2.75) is 53.1 Å². The molecule has 2 aromatic heterocycles. The van der Waals surface area contributed by atoms with Gasteiger partial charge in [0.2, 0.25) is 0 Å². The first kappa shape index (κ1) is 19.7. The molecule has 1 aliphatic rings. The fourth-order valence-corrected chi connectivity index (χ4v) is 4.13. The number of nitrogens with one attached hydrogen (secondary N) is 2. The summed E-state index contributed by atoms with van der Waals surface area (Å²) in [5.74, 6) is -0.420. The largest absolute Gasteiger partial charge is 0.383 e. The van der Waals surface area contributed by atoms with Gasteiger partial charge in [0.15, 0.2) is 0 Å². The highest BCUT2D eigenvalue weighted by Crippen LogP contribution is 2.38. The summed E-state index contributed by atoms with van der Waals surface area (Å²) in [6.07, 6.45) is 2.20. The lowest BCUT2D eigenvalue weighted by Gasteiger charge is -2.28. The first-order valence-electron chi connectivity index (χ1n) is 10.3. The van der Waals surface area contributed by atoms with E-state index in [0.29, 0.717) is 5.41 Å². The second-order valence-corrected chi connectivity index (χ2v) is 9.41. The van der Waals surface area contributed by atoms with Gasteiger partial charge in [-0.15, -0.1) is 0 Å². The van der Waals surface area contributed by atoms with E-state index in [1.807, 2.05) is 32.0 Å². The third-order valence-electron chi connectivity index (χ3n) is 6.12. The number of aromatic amines is 2. The Hall–Kier alpha value is -2.60. The van der Waals surface area contributed by atoms with Crippen LogP contribution in [0.1, 0.15) is 45.4 Å². The lowest BCUT2D eigenvalue weighted by molar-refractivity contribution is -0.128. The highest BCUT2D eigenvalue weighted by atomic mass is 16.3. The van der Waals surface area contributed by atoms with Crippen LogP contribution < -0.4 is 4.90 Å². The number of fused-ring (bicyclic) bond motifs is 2. The van der Waals surface area contributed by atoms with Crippen LogP contribution in [0.5, 0.6) is 0 Å². The van der Waals surface area contributed by atoms with Crippen LogP contribution in [0.15, 0.2) is 24.3 Å². The lowest BCUT2D eigenvalue weighted by atomic mass is 9.76. The first-order chi connectivity index (χ1) is 13.7. The number of aliphatic hydroxyl groups is 1. The number of nitrogens with zero attached hydrogens (tertiary/aromatic N) is 2. The van der Waals surface area contributed by atoms with Crippen molar-refractivity contribution in [3.05, 3.63) is 35.5 Å². The molecule has 1 unspecified atom stereocenters. The lowest BCUT2D eigenvalue weighted by Crippen LogP contribution is -2.39. The van der Waals surface area contributed by atoms with Crippen molar-refractivity contribution in [1.82, 2.24) is 15.2 Å². The van der Waals surface area contributed by atoms with Gasteiger partial charge in [-0.1, -0.05) is 33.8 Å². The molecular formula is C23H30N4O2. The number of aliphatic hydroxyl groups excluding tert-OH is 1. The average Bonchev–Trinajstić information content (AvgIpc) is 3.27. The summed E-state index contributed by atoms with van der Waals surface area (Å²) in [5.41, 5.74) is 6.54. The molecule has 154 valence electrons. The van der Waals surface area contributed by atoms with Crippen LogP contribution in [-0.4, -0.2) is 39.3 Å². The predicted octanol–water partition coefficient (Wildman–Crippen LogP) is 4.05. The van der Waals surface area contributed by atoms with Gasteiger partial charge in [0.05, 0.1) is 5.69 Å². The zero-order valence-corrected chi connectivity index (χ0v) is 17.8. The molecule has 0 spiro atoms. The molecule has 0 saturated carbocycles. The van der Waals surface area contributed by atoms with Gasteiger partial charge in [0, 0.05) is 34.9 Å². The van der Waals surface area contributed by atoms with E-state index in [-0.39, 0.29) is 11.8 Å². The number of hydrogen-bond donors (Lipinski definition) is 3. The number of aromatic nitrogens is 3. The Morgan fingerprint density at radius 3 is 2.76 bits per heavy atom. The van der Waals surface area contributed by atoms with Gasteiger partial charge in [-0.3, -0.25) is 9.89 Å². The number of carbonyl (C=O) groups excluding carboxylic acids is 1. The Kier molecular flexibility index (Phi) is 4.77. The maximum absolute atomic E-state index is 12.5. The summed E-state index contributed by atoms with van der Waals surface area (Å²) in [6.45, 7) is 8.27. The number of anilines is 1. The highest BCUT2D eigenvalue weighted by molar-refractivity contribution is 5.98. The van der Waals surface area contributed by atoms with E-state index in [1.165, 1.54) is 16.2 Å². The van der Waals surface area contributed by atoms with E-state index >= 15 is 0 Å². The van der Waals surface area contributed by atoms with Crippen molar-refractivity contribution in [2.75, 3.05) is 11.9 Å². The minimum Gasteiger partial charge on any atom is -0.383 e. The van der Waals surface area contributed by atoms with E-state index < -0.39 is 6.10 Å². The fraction of sp³-hybridized carbons (Fsp3) is 0.478. The van der Waals surface area contributed by atoms with Gasteiger partial charge in [-0.25, -0.2) is 0 Å². The average molecular weight is 395 g/mol. The van der Waals surface area contributed by atoms with Gasteiger partial charge in [-0.05, 0) is 48.8 Å². The maximum Gasteiger partial charge on any atom is 0.255 e. The van der Waals surface area contributed by atoms with Crippen LogP contribution in [-0.2, 0) is 17.6 Å². The summed E-state index contributed by atoms with van der Waals surface area (Å²) < 4.78 is 0. The minimum atomic E-state index is -1.00. The fourth-order valence-electron chi connectivity index (χ4n) is 4.13. The Morgan fingerprint density at radius 1 is 1.28 bits per heavy atom. The number of rotatable bonds is 4. The monoisotopic (exact) mass is 394 g/mol. The third kappa shape index (κ3) is 3.57. The summed E-state index contributed by atoms with van der Waals surface area (Å²) in [6, 6.07) is 7.97. The number of hydrogen-bond acceptors (Lipinski definition) is 3. The summed E-state index contributed by atoms with van der Waals surface area (Å²) in [7, 11) is 1.70. The smallest absolute Gasteiger partial charge is 0.255 e. The van der Waals surface area contributed by atoms with Gasteiger partial charge in [0.1, 0.15) is 11.8 Å². The molecule has 1 atom stereocenters.